The number of alkyl halides is 1. The summed E-state index contributed by atoms with van der Waals surface area (Å²) in [5, 5.41) is 21.1. The summed E-state index contributed by atoms with van der Waals surface area (Å²) >= 11 is 1.75. The zero-order valence-electron chi connectivity index (χ0n) is 14.6. The molecular formula is C16H26FNO5S2. The minimum Gasteiger partial charge on any atom is -0.396 e. The number of rotatable bonds is 8. The zero-order valence-corrected chi connectivity index (χ0v) is 16.2. The van der Waals surface area contributed by atoms with Gasteiger partial charge in [-0.3, -0.25) is 4.79 Å². The number of halogens is 1. The molecule has 25 heavy (non-hydrogen) atoms. The van der Waals surface area contributed by atoms with Gasteiger partial charge in [0.05, 0.1) is 10.9 Å². The Morgan fingerprint density at radius 1 is 1.28 bits per heavy atom. The van der Waals surface area contributed by atoms with Crippen molar-refractivity contribution in [1.29, 1.82) is 0 Å². The highest BCUT2D eigenvalue weighted by atomic mass is 32.2. The maximum Gasteiger partial charge on any atom is 0.220 e. The van der Waals surface area contributed by atoms with E-state index in [1.54, 1.807) is 11.8 Å². The average molecular weight is 396 g/mol. The van der Waals surface area contributed by atoms with E-state index in [9.17, 15) is 22.7 Å². The number of thioether (sulfide) groups is 1. The molecule has 0 fully saturated rings. The fraction of sp³-hybridized carbons (Fsp3) is 0.562. The Hall–Kier alpha value is -1.16. The fourth-order valence-corrected chi connectivity index (χ4v) is 2.50. The number of amides is 1. The predicted octanol–water partition coefficient (Wildman–Crippen LogP) is 1.33. The molecule has 0 aliphatic heterocycles. The van der Waals surface area contributed by atoms with Gasteiger partial charge in [0, 0.05) is 19.3 Å². The van der Waals surface area contributed by atoms with Gasteiger partial charge in [0.2, 0.25) is 5.91 Å². The van der Waals surface area contributed by atoms with Crippen molar-refractivity contribution in [3.8, 4) is 0 Å². The first-order chi connectivity index (χ1) is 11.7. The fourth-order valence-electron chi connectivity index (χ4n) is 1.86. The van der Waals surface area contributed by atoms with Gasteiger partial charge in [-0.25, -0.2) is 12.8 Å². The molecule has 0 heterocycles. The quantitative estimate of drug-likeness (QED) is 0.614. The smallest absolute Gasteiger partial charge is 0.220 e. The minimum absolute atomic E-state index is 0.0345. The number of aliphatic hydroxyl groups is 2. The molecule has 0 saturated carbocycles. The van der Waals surface area contributed by atoms with Gasteiger partial charge in [0.1, 0.15) is 12.8 Å². The molecule has 0 aliphatic rings. The highest BCUT2D eigenvalue weighted by molar-refractivity contribution is 7.97. The molecule has 0 radical (unpaired) electrons. The molecule has 0 spiro atoms. The minimum atomic E-state index is -3.35. The van der Waals surface area contributed by atoms with E-state index >= 15 is 0 Å². The molecule has 144 valence electrons. The Labute approximate surface area is 152 Å². The van der Waals surface area contributed by atoms with Crippen LogP contribution in [-0.4, -0.2) is 62.6 Å². The van der Waals surface area contributed by atoms with E-state index < -0.39 is 34.6 Å². The second kappa shape index (κ2) is 12.2. The van der Waals surface area contributed by atoms with Gasteiger partial charge >= 0.3 is 0 Å². The lowest BCUT2D eigenvalue weighted by molar-refractivity contribution is -0.123. The largest absolute Gasteiger partial charge is 0.396 e. The molecule has 6 nitrogen and oxygen atoms in total. The van der Waals surface area contributed by atoms with Crippen LogP contribution in [0.5, 0.6) is 0 Å². The number of benzene rings is 1. The summed E-state index contributed by atoms with van der Waals surface area (Å²) in [4.78, 5) is 11.6. The topological polar surface area (TPSA) is 104 Å². The van der Waals surface area contributed by atoms with E-state index in [1.165, 1.54) is 24.3 Å². The number of nitrogens with one attached hydrogen (secondary N) is 1. The van der Waals surface area contributed by atoms with Gasteiger partial charge in [-0.05, 0) is 36.6 Å². The summed E-state index contributed by atoms with van der Waals surface area (Å²) in [6, 6.07) is 4.26. The third kappa shape index (κ3) is 9.20. The lowest BCUT2D eigenvalue weighted by Gasteiger charge is -2.22. The summed E-state index contributed by atoms with van der Waals surface area (Å²) in [5.74, 6) is -0.469. The maximum atomic E-state index is 13.0. The summed E-state index contributed by atoms with van der Waals surface area (Å²) < 4.78 is 35.7. The molecule has 3 N–H and O–H groups in total. The Morgan fingerprint density at radius 3 is 2.20 bits per heavy atom. The van der Waals surface area contributed by atoms with E-state index in [1.807, 2.05) is 12.5 Å². The molecule has 2 atom stereocenters. The second-order valence-corrected chi connectivity index (χ2v) is 8.18. The van der Waals surface area contributed by atoms with Crippen molar-refractivity contribution in [2.45, 2.75) is 29.9 Å². The molecule has 0 aliphatic carbocycles. The van der Waals surface area contributed by atoms with Crippen LogP contribution in [0.2, 0.25) is 0 Å². The Kier molecular flexibility index (Phi) is 11.7. The van der Waals surface area contributed by atoms with Crippen molar-refractivity contribution in [1.82, 2.24) is 5.32 Å². The molecule has 0 saturated heterocycles. The van der Waals surface area contributed by atoms with Crippen molar-refractivity contribution in [2.24, 2.45) is 0 Å². The van der Waals surface area contributed by atoms with Gasteiger partial charge in [0.25, 0.3) is 0 Å². The van der Waals surface area contributed by atoms with Crippen molar-refractivity contribution < 1.29 is 27.8 Å². The second-order valence-electron chi connectivity index (χ2n) is 5.35. The van der Waals surface area contributed by atoms with Gasteiger partial charge in [-0.1, -0.05) is 12.1 Å². The number of carbonyl (C=O) groups excluding carboxylic acids is 1. The monoisotopic (exact) mass is 395 g/mol. The molecule has 0 unspecified atom stereocenters. The van der Waals surface area contributed by atoms with E-state index in [4.69, 9.17) is 5.11 Å². The summed E-state index contributed by atoms with van der Waals surface area (Å²) in [6.45, 7) is -1.12. The van der Waals surface area contributed by atoms with Crippen LogP contribution < -0.4 is 5.32 Å². The maximum absolute atomic E-state index is 13.0. The Balaban J connectivity index is 0.00000178. The molecule has 1 amide bonds. The normalized spacial score (nSPS) is 13.4. The molecule has 0 bridgehead atoms. The standard InChI is InChI=1S/C14H20FNO5S.C2H6S/c1-22(20,21)11-6-4-10(5-7-11)14(19)12(9-15)16-13(18)3-2-8-17;1-3-2/h4-7,12,14,17,19H,2-3,8-9H2,1H3,(H,16,18);1-2H3/t12-,14-;/m0./s1. The van der Waals surface area contributed by atoms with Crippen molar-refractivity contribution in [3.05, 3.63) is 29.8 Å². The average Bonchev–Trinajstić information content (AvgIpc) is 2.57. The van der Waals surface area contributed by atoms with Crippen LogP contribution in [0.25, 0.3) is 0 Å². The summed E-state index contributed by atoms with van der Waals surface area (Å²) in [5.41, 5.74) is 0.303. The third-order valence-electron chi connectivity index (χ3n) is 3.11. The number of hydrogen-bond donors (Lipinski definition) is 3. The van der Waals surface area contributed by atoms with Crippen LogP contribution in [-0.2, 0) is 14.6 Å². The van der Waals surface area contributed by atoms with E-state index in [-0.39, 0.29) is 24.3 Å². The zero-order chi connectivity index (χ0) is 19.5. The number of sulfone groups is 1. The summed E-state index contributed by atoms with van der Waals surface area (Å²) in [7, 11) is -3.35. The van der Waals surface area contributed by atoms with Crippen LogP contribution in [0, 0.1) is 0 Å². The molecule has 0 aromatic heterocycles. The predicted molar refractivity (Wildman–Crippen MR) is 98.2 cm³/mol. The van der Waals surface area contributed by atoms with Crippen molar-refractivity contribution in [3.63, 3.8) is 0 Å². The van der Waals surface area contributed by atoms with Gasteiger partial charge in [-0.15, -0.1) is 0 Å². The molecule has 1 aromatic carbocycles. The van der Waals surface area contributed by atoms with Gasteiger partial charge < -0.3 is 15.5 Å². The van der Waals surface area contributed by atoms with Gasteiger partial charge in [0.15, 0.2) is 9.84 Å². The number of carbonyl (C=O) groups is 1. The van der Waals surface area contributed by atoms with E-state index in [2.05, 4.69) is 5.32 Å². The molecule has 9 heteroatoms. The van der Waals surface area contributed by atoms with Crippen LogP contribution in [0.15, 0.2) is 29.2 Å². The van der Waals surface area contributed by atoms with Crippen molar-refractivity contribution >= 4 is 27.5 Å². The molecular weight excluding hydrogens is 369 g/mol. The van der Waals surface area contributed by atoms with E-state index in [0.29, 0.717) is 5.56 Å². The first-order valence-electron chi connectivity index (χ1n) is 7.55. The Bertz CT molecular complexity index is 607. The highest BCUT2D eigenvalue weighted by Gasteiger charge is 2.23. The van der Waals surface area contributed by atoms with Gasteiger partial charge in [-0.2, -0.15) is 11.8 Å². The molecule has 1 rings (SSSR count). The van der Waals surface area contributed by atoms with Crippen LogP contribution >= 0.6 is 11.8 Å². The first kappa shape index (κ1) is 23.8. The molecule has 1 aromatic rings. The van der Waals surface area contributed by atoms with Crippen molar-refractivity contribution in [2.75, 3.05) is 32.0 Å². The van der Waals surface area contributed by atoms with E-state index in [0.717, 1.165) is 6.26 Å². The number of aliphatic hydroxyl groups excluding tert-OH is 2. The Morgan fingerprint density at radius 2 is 1.80 bits per heavy atom. The lowest BCUT2D eigenvalue weighted by Crippen LogP contribution is -2.40. The lowest BCUT2D eigenvalue weighted by atomic mass is 10.0. The first-order valence-corrected chi connectivity index (χ1v) is 11.1. The summed E-state index contributed by atoms with van der Waals surface area (Å²) in [6.07, 6.45) is 4.14. The van der Waals surface area contributed by atoms with Crippen LogP contribution in [0.1, 0.15) is 24.5 Å². The highest BCUT2D eigenvalue weighted by Crippen LogP contribution is 2.20. The van der Waals surface area contributed by atoms with Crippen LogP contribution in [0.3, 0.4) is 0 Å². The number of hydrogen-bond acceptors (Lipinski definition) is 6. The van der Waals surface area contributed by atoms with Crippen LogP contribution in [0.4, 0.5) is 4.39 Å². The SMILES string of the molecule is CS(=O)(=O)c1ccc([C@H](O)[C@H](CF)NC(=O)CCCO)cc1.CSC. The third-order valence-corrected chi connectivity index (χ3v) is 4.23.